The average Bonchev–Trinajstić information content (AvgIpc) is 3.06. The highest BCUT2D eigenvalue weighted by molar-refractivity contribution is 5.92. The van der Waals surface area contributed by atoms with Gasteiger partial charge in [0.1, 0.15) is 6.23 Å². The van der Waals surface area contributed by atoms with Crippen LogP contribution in [0.5, 0.6) is 0 Å². The van der Waals surface area contributed by atoms with E-state index in [0.29, 0.717) is 18.6 Å². The molecule has 1 aliphatic heterocycles. The highest BCUT2D eigenvalue weighted by atomic mass is 19.1. The van der Waals surface area contributed by atoms with Crippen molar-refractivity contribution in [2.45, 2.75) is 19.1 Å². The lowest BCUT2D eigenvalue weighted by molar-refractivity contribution is 0.0517. The summed E-state index contributed by atoms with van der Waals surface area (Å²) in [6.07, 6.45) is 4.95. The van der Waals surface area contributed by atoms with E-state index in [1.165, 1.54) is 6.20 Å². The minimum absolute atomic E-state index is 0.442. The number of hydrogen-bond donors (Lipinski definition) is 2. The van der Waals surface area contributed by atoms with Crippen molar-refractivity contribution in [3.05, 3.63) is 62.9 Å². The monoisotopic (exact) mass is 322 g/mol. The number of carbonyl (C=O) groups excluding carboxylic acids is 1. The van der Waals surface area contributed by atoms with Gasteiger partial charge in [0.2, 0.25) is 11.7 Å². The highest BCUT2D eigenvalue weighted by Gasteiger charge is 2.19. The molecule has 1 atom stereocenters. The van der Waals surface area contributed by atoms with E-state index in [-0.39, 0.29) is 0 Å². The first-order valence-corrected chi connectivity index (χ1v) is 6.81. The van der Waals surface area contributed by atoms with Crippen molar-refractivity contribution in [2.75, 3.05) is 6.61 Å². The Labute approximate surface area is 129 Å². The van der Waals surface area contributed by atoms with Gasteiger partial charge in [-0.3, -0.25) is 24.1 Å². The first kappa shape index (κ1) is 16.6. The summed E-state index contributed by atoms with van der Waals surface area (Å²) in [5.74, 6) is -1.41. The normalized spacial score (nSPS) is 16.5. The van der Waals surface area contributed by atoms with E-state index < -0.39 is 29.2 Å². The fourth-order valence-electron chi connectivity index (χ4n) is 1.96. The lowest BCUT2D eigenvalue weighted by atomic mass is 10.3. The number of aromatic nitrogens is 3. The minimum Gasteiger partial charge on any atom is -0.366 e. The quantitative estimate of drug-likeness (QED) is 0.816. The number of nitrogens with one attached hydrogen (secondary N) is 1. The van der Waals surface area contributed by atoms with E-state index >= 15 is 0 Å². The second-order valence-electron chi connectivity index (χ2n) is 4.72. The van der Waals surface area contributed by atoms with Gasteiger partial charge in [-0.1, -0.05) is 0 Å². The molecule has 0 saturated carbocycles. The van der Waals surface area contributed by atoms with Crippen LogP contribution in [0.2, 0.25) is 0 Å². The molecule has 2 aromatic heterocycles. The summed E-state index contributed by atoms with van der Waals surface area (Å²) in [7, 11) is 0. The average molecular weight is 322 g/mol. The molecule has 0 bridgehead atoms. The number of H-pyrrole nitrogens is 1. The Bertz CT molecular complexity index is 781. The van der Waals surface area contributed by atoms with Crippen LogP contribution in [-0.4, -0.2) is 27.0 Å². The molecule has 0 spiro atoms. The zero-order valence-electron chi connectivity index (χ0n) is 12.1. The molecule has 1 fully saturated rings. The van der Waals surface area contributed by atoms with Gasteiger partial charge in [-0.2, -0.15) is 4.39 Å². The van der Waals surface area contributed by atoms with Gasteiger partial charge < -0.3 is 10.5 Å². The Morgan fingerprint density at radius 3 is 2.78 bits per heavy atom. The molecule has 9 heteroatoms. The van der Waals surface area contributed by atoms with Crippen molar-refractivity contribution in [3.63, 3.8) is 0 Å². The Morgan fingerprint density at radius 2 is 2.26 bits per heavy atom. The number of nitrogens with zero attached hydrogens (tertiary/aromatic N) is 2. The van der Waals surface area contributed by atoms with E-state index in [1.54, 1.807) is 18.3 Å². The number of primary amides is 1. The van der Waals surface area contributed by atoms with E-state index in [1.807, 2.05) is 4.98 Å². The van der Waals surface area contributed by atoms with Crippen LogP contribution in [-0.2, 0) is 4.74 Å². The maximum absolute atomic E-state index is 12.9. The summed E-state index contributed by atoms with van der Waals surface area (Å²) in [6, 6.07) is 3.29. The Kier molecular flexibility index (Phi) is 5.36. The zero-order valence-corrected chi connectivity index (χ0v) is 12.1. The van der Waals surface area contributed by atoms with Gasteiger partial charge >= 0.3 is 5.69 Å². The van der Waals surface area contributed by atoms with Crippen LogP contribution in [0.3, 0.4) is 0 Å². The highest BCUT2D eigenvalue weighted by Crippen LogP contribution is 2.20. The van der Waals surface area contributed by atoms with Gasteiger partial charge in [0.15, 0.2) is 0 Å². The topological polar surface area (TPSA) is 120 Å². The first-order chi connectivity index (χ1) is 11.0. The van der Waals surface area contributed by atoms with Crippen molar-refractivity contribution >= 4 is 5.91 Å². The maximum Gasteiger partial charge on any atom is 0.330 e. The third-order valence-electron chi connectivity index (χ3n) is 3.09. The smallest absolute Gasteiger partial charge is 0.330 e. The summed E-state index contributed by atoms with van der Waals surface area (Å²) >= 11 is 0. The largest absolute Gasteiger partial charge is 0.366 e. The molecule has 1 saturated heterocycles. The van der Waals surface area contributed by atoms with E-state index in [2.05, 4.69) is 4.98 Å². The van der Waals surface area contributed by atoms with Crippen LogP contribution in [0.25, 0.3) is 0 Å². The molecule has 1 aliphatic rings. The number of carbonyl (C=O) groups is 1. The second kappa shape index (κ2) is 7.45. The summed E-state index contributed by atoms with van der Waals surface area (Å²) in [6.45, 7) is 0.553. The van der Waals surface area contributed by atoms with Crippen LogP contribution in [0.1, 0.15) is 29.4 Å². The van der Waals surface area contributed by atoms with E-state index in [9.17, 15) is 18.8 Å². The van der Waals surface area contributed by atoms with Gasteiger partial charge in [0.05, 0.1) is 11.8 Å². The number of rotatable bonds is 2. The van der Waals surface area contributed by atoms with Crippen LogP contribution >= 0.6 is 0 Å². The first-order valence-electron chi connectivity index (χ1n) is 6.81. The minimum atomic E-state index is -0.996. The van der Waals surface area contributed by atoms with Crippen molar-refractivity contribution in [3.8, 4) is 0 Å². The van der Waals surface area contributed by atoms with Gasteiger partial charge in [-0.05, 0) is 25.0 Å². The Hall–Kier alpha value is -2.81. The Morgan fingerprint density at radius 1 is 1.48 bits per heavy atom. The molecular formula is C14H15FN4O4. The molecule has 3 rings (SSSR count). The number of halogens is 1. The number of aromatic amines is 1. The van der Waals surface area contributed by atoms with Crippen LogP contribution in [0, 0.1) is 5.82 Å². The molecule has 2 aromatic rings. The van der Waals surface area contributed by atoms with Crippen LogP contribution < -0.4 is 17.0 Å². The molecule has 23 heavy (non-hydrogen) atoms. The molecule has 0 aromatic carbocycles. The molecule has 8 nitrogen and oxygen atoms in total. The molecule has 1 amide bonds. The van der Waals surface area contributed by atoms with Gasteiger partial charge in [-0.25, -0.2) is 4.79 Å². The van der Waals surface area contributed by atoms with Crippen molar-refractivity contribution < 1.29 is 13.9 Å². The SMILES string of the molecule is NC(=O)c1cccnc1.O=c1[nH]c(=O)n([C@H]2CCCO2)cc1F. The number of ether oxygens (including phenoxy) is 1. The predicted octanol–water partition coefficient (Wildman–Crippen LogP) is 0.165. The van der Waals surface area contributed by atoms with Crippen LogP contribution in [0.15, 0.2) is 40.3 Å². The zero-order chi connectivity index (χ0) is 16.8. The Balaban J connectivity index is 0.000000185. The summed E-state index contributed by atoms with van der Waals surface area (Å²) < 4.78 is 19.1. The molecule has 0 radical (unpaired) electrons. The summed E-state index contributed by atoms with van der Waals surface area (Å²) in [4.78, 5) is 37.9. The third-order valence-corrected chi connectivity index (χ3v) is 3.09. The lowest BCUT2D eigenvalue weighted by Gasteiger charge is -2.11. The number of amides is 1. The number of pyridine rings is 1. The molecule has 0 unspecified atom stereocenters. The molecule has 3 N–H and O–H groups in total. The van der Waals surface area contributed by atoms with Gasteiger partial charge in [0.25, 0.3) is 5.56 Å². The van der Waals surface area contributed by atoms with E-state index in [4.69, 9.17) is 10.5 Å². The van der Waals surface area contributed by atoms with Crippen molar-refractivity contribution in [1.82, 2.24) is 14.5 Å². The van der Waals surface area contributed by atoms with Gasteiger partial charge in [0, 0.05) is 19.0 Å². The van der Waals surface area contributed by atoms with E-state index in [0.717, 1.165) is 17.2 Å². The van der Waals surface area contributed by atoms with Gasteiger partial charge in [-0.15, -0.1) is 0 Å². The molecular weight excluding hydrogens is 307 g/mol. The second-order valence-corrected chi connectivity index (χ2v) is 4.72. The summed E-state index contributed by atoms with van der Waals surface area (Å²) in [5, 5.41) is 0. The fraction of sp³-hybridized carbons (Fsp3) is 0.286. The summed E-state index contributed by atoms with van der Waals surface area (Å²) in [5.41, 5.74) is 3.75. The molecule has 122 valence electrons. The van der Waals surface area contributed by atoms with Crippen LogP contribution in [0.4, 0.5) is 4.39 Å². The standard InChI is InChI=1S/C8H9FN2O3.C6H6N2O/c9-5-4-11(6-2-1-3-14-6)8(13)10-7(5)12;7-6(9)5-2-1-3-8-4-5/h4,6H,1-3H2,(H,10,12,13);1-4H,(H2,7,9)/t6-;/m1./s1. The number of hydrogen-bond acceptors (Lipinski definition) is 5. The van der Waals surface area contributed by atoms with Crippen molar-refractivity contribution in [2.24, 2.45) is 5.73 Å². The number of nitrogens with two attached hydrogens (primary N) is 1. The predicted molar refractivity (Wildman–Crippen MR) is 78.3 cm³/mol. The molecule has 0 aliphatic carbocycles. The third kappa shape index (κ3) is 4.33. The van der Waals surface area contributed by atoms with Crippen molar-refractivity contribution in [1.29, 1.82) is 0 Å². The fourth-order valence-corrected chi connectivity index (χ4v) is 1.96. The maximum atomic E-state index is 12.9. The lowest BCUT2D eigenvalue weighted by Crippen LogP contribution is -2.33. The molecule has 3 heterocycles.